The molecule has 0 bridgehead atoms. The van der Waals surface area contributed by atoms with Crippen LogP contribution < -0.4 is 10.6 Å². The van der Waals surface area contributed by atoms with E-state index in [0.717, 1.165) is 24.9 Å². The number of fused-ring (bicyclic) bond motifs is 1. The standard InChI is InChI=1S/C18H16Cl2N2O2/c19-13-5-7-15(16(20)9-13)18(24)21-10-17(23)22-14-6-4-11-2-1-3-12(11)8-14/h4-9H,1-3,10H2,(H,21,24)(H,22,23). The van der Waals surface area contributed by atoms with Gasteiger partial charge in [0, 0.05) is 10.7 Å². The van der Waals surface area contributed by atoms with Gasteiger partial charge in [0.05, 0.1) is 17.1 Å². The Kier molecular flexibility index (Phi) is 5.07. The minimum Gasteiger partial charge on any atom is -0.343 e. The van der Waals surface area contributed by atoms with E-state index in [9.17, 15) is 9.59 Å². The van der Waals surface area contributed by atoms with Crippen molar-refractivity contribution in [3.63, 3.8) is 0 Å². The fourth-order valence-corrected chi connectivity index (χ4v) is 3.28. The summed E-state index contributed by atoms with van der Waals surface area (Å²) in [5.41, 5.74) is 3.66. The Hall–Kier alpha value is -2.04. The predicted molar refractivity (Wildman–Crippen MR) is 95.9 cm³/mol. The molecule has 0 saturated carbocycles. The van der Waals surface area contributed by atoms with E-state index in [4.69, 9.17) is 23.2 Å². The first kappa shape index (κ1) is 16.8. The van der Waals surface area contributed by atoms with Crippen LogP contribution in [0.2, 0.25) is 10.0 Å². The summed E-state index contributed by atoms with van der Waals surface area (Å²) in [6.45, 7) is -0.130. The van der Waals surface area contributed by atoms with Gasteiger partial charge >= 0.3 is 0 Å². The summed E-state index contributed by atoms with van der Waals surface area (Å²) in [4.78, 5) is 24.1. The van der Waals surface area contributed by atoms with Gasteiger partial charge in [-0.05, 0) is 60.7 Å². The number of benzene rings is 2. The highest BCUT2D eigenvalue weighted by Gasteiger charge is 2.14. The van der Waals surface area contributed by atoms with Crippen LogP contribution in [-0.2, 0) is 17.6 Å². The average Bonchev–Trinajstić information content (AvgIpc) is 3.00. The number of carbonyl (C=O) groups is 2. The van der Waals surface area contributed by atoms with Crippen molar-refractivity contribution in [1.82, 2.24) is 5.32 Å². The molecule has 0 aromatic heterocycles. The maximum atomic E-state index is 12.1. The Morgan fingerprint density at radius 2 is 1.79 bits per heavy atom. The summed E-state index contributed by atoms with van der Waals surface area (Å²) in [7, 11) is 0. The molecule has 2 N–H and O–H groups in total. The van der Waals surface area contributed by atoms with Crippen molar-refractivity contribution in [2.75, 3.05) is 11.9 Å². The van der Waals surface area contributed by atoms with Gasteiger partial charge in [0.1, 0.15) is 0 Å². The zero-order valence-electron chi connectivity index (χ0n) is 12.9. The number of hydrogen-bond donors (Lipinski definition) is 2. The SMILES string of the molecule is O=C(CNC(=O)c1ccc(Cl)cc1Cl)Nc1ccc2c(c1)CCC2. The predicted octanol–water partition coefficient (Wildman–Crippen LogP) is 3.85. The molecule has 0 radical (unpaired) electrons. The lowest BCUT2D eigenvalue weighted by Gasteiger charge is -2.09. The molecule has 0 heterocycles. The van der Waals surface area contributed by atoms with Crippen LogP contribution in [0, 0.1) is 0 Å². The normalized spacial score (nSPS) is 12.6. The van der Waals surface area contributed by atoms with E-state index in [2.05, 4.69) is 10.6 Å². The van der Waals surface area contributed by atoms with Crippen LogP contribution in [0.3, 0.4) is 0 Å². The van der Waals surface area contributed by atoms with Crippen molar-refractivity contribution < 1.29 is 9.59 Å². The third kappa shape index (κ3) is 3.89. The minimum absolute atomic E-state index is 0.130. The van der Waals surface area contributed by atoms with Gasteiger partial charge in [0.2, 0.25) is 5.91 Å². The summed E-state index contributed by atoms with van der Waals surface area (Å²) in [6, 6.07) is 10.5. The Bertz CT molecular complexity index is 806. The third-order valence-corrected chi connectivity index (χ3v) is 4.52. The monoisotopic (exact) mass is 362 g/mol. The molecule has 2 amide bonds. The fourth-order valence-electron chi connectivity index (χ4n) is 2.78. The first-order valence-electron chi connectivity index (χ1n) is 7.68. The number of carbonyl (C=O) groups excluding carboxylic acids is 2. The minimum atomic E-state index is -0.416. The Morgan fingerprint density at radius 3 is 2.58 bits per heavy atom. The van der Waals surface area contributed by atoms with Crippen LogP contribution in [0.5, 0.6) is 0 Å². The molecule has 0 fully saturated rings. The Balaban J connectivity index is 1.56. The van der Waals surface area contributed by atoms with Gasteiger partial charge in [-0.2, -0.15) is 0 Å². The van der Waals surface area contributed by atoms with Crippen LogP contribution in [0.15, 0.2) is 36.4 Å². The van der Waals surface area contributed by atoms with Crippen molar-refractivity contribution in [2.45, 2.75) is 19.3 Å². The Labute approximate surface area is 150 Å². The number of hydrogen-bond acceptors (Lipinski definition) is 2. The zero-order chi connectivity index (χ0) is 17.1. The van der Waals surface area contributed by atoms with Gasteiger partial charge in [-0.3, -0.25) is 9.59 Å². The van der Waals surface area contributed by atoms with Crippen LogP contribution in [0.25, 0.3) is 0 Å². The van der Waals surface area contributed by atoms with Gasteiger partial charge in [0.25, 0.3) is 5.91 Å². The van der Waals surface area contributed by atoms with E-state index in [1.807, 2.05) is 18.2 Å². The molecule has 2 aromatic rings. The fraction of sp³-hybridized carbons (Fsp3) is 0.222. The second kappa shape index (κ2) is 7.24. The van der Waals surface area contributed by atoms with Crippen LogP contribution in [0.4, 0.5) is 5.69 Å². The van der Waals surface area contributed by atoms with Crippen molar-refractivity contribution in [1.29, 1.82) is 0 Å². The number of halogens is 2. The molecule has 0 aliphatic heterocycles. The summed E-state index contributed by atoms with van der Waals surface area (Å²) in [5.74, 6) is -0.702. The topological polar surface area (TPSA) is 58.2 Å². The van der Waals surface area contributed by atoms with Crippen molar-refractivity contribution in [3.05, 3.63) is 63.1 Å². The molecule has 24 heavy (non-hydrogen) atoms. The number of nitrogens with one attached hydrogen (secondary N) is 2. The first-order chi connectivity index (χ1) is 11.5. The molecule has 0 spiro atoms. The first-order valence-corrected chi connectivity index (χ1v) is 8.43. The molecule has 0 unspecified atom stereocenters. The van der Waals surface area contributed by atoms with E-state index >= 15 is 0 Å². The number of anilines is 1. The second-order valence-electron chi connectivity index (χ2n) is 5.69. The highest BCUT2D eigenvalue weighted by atomic mass is 35.5. The maximum absolute atomic E-state index is 12.1. The summed E-state index contributed by atoms with van der Waals surface area (Å²) in [5, 5.41) is 6.05. The van der Waals surface area contributed by atoms with Gasteiger partial charge in [0.15, 0.2) is 0 Å². The molecule has 2 aromatic carbocycles. The molecular weight excluding hydrogens is 347 g/mol. The molecular formula is C18H16Cl2N2O2. The van der Waals surface area contributed by atoms with Crippen LogP contribution in [-0.4, -0.2) is 18.4 Å². The van der Waals surface area contributed by atoms with Gasteiger partial charge < -0.3 is 10.6 Å². The van der Waals surface area contributed by atoms with E-state index in [1.54, 1.807) is 6.07 Å². The van der Waals surface area contributed by atoms with Gasteiger partial charge in [-0.1, -0.05) is 29.3 Å². The summed E-state index contributed by atoms with van der Waals surface area (Å²) >= 11 is 11.8. The molecule has 6 heteroatoms. The zero-order valence-corrected chi connectivity index (χ0v) is 14.4. The van der Waals surface area contributed by atoms with Crippen molar-refractivity contribution in [2.24, 2.45) is 0 Å². The van der Waals surface area contributed by atoms with Crippen LogP contribution in [0.1, 0.15) is 27.9 Å². The smallest absolute Gasteiger partial charge is 0.253 e. The lowest BCUT2D eigenvalue weighted by molar-refractivity contribution is -0.115. The van der Waals surface area contributed by atoms with Crippen molar-refractivity contribution in [3.8, 4) is 0 Å². The highest BCUT2D eigenvalue weighted by Crippen LogP contribution is 2.25. The highest BCUT2D eigenvalue weighted by molar-refractivity contribution is 6.36. The molecule has 1 aliphatic rings. The van der Waals surface area contributed by atoms with E-state index in [0.29, 0.717) is 5.02 Å². The molecule has 0 saturated heterocycles. The van der Waals surface area contributed by atoms with E-state index < -0.39 is 5.91 Å². The van der Waals surface area contributed by atoms with Crippen molar-refractivity contribution >= 4 is 40.7 Å². The maximum Gasteiger partial charge on any atom is 0.253 e. The van der Waals surface area contributed by atoms with Crippen LogP contribution >= 0.6 is 23.2 Å². The quantitative estimate of drug-likeness (QED) is 0.867. The number of rotatable bonds is 4. The average molecular weight is 363 g/mol. The Morgan fingerprint density at radius 1 is 1.00 bits per heavy atom. The molecule has 0 atom stereocenters. The van der Waals surface area contributed by atoms with E-state index in [-0.39, 0.29) is 23.0 Å². The summed E-state index contributed by atoms with van der Waals surface area (Å²) < 4.78 is 0. The largest absolute Gasteiger partial charge is 0.343 e. The second-order valence-corrected chi connectivity index (χ2v) is 6.54. The number of aryl methyl sites for hydroxylation is 2. The third-order valence-electron chi connectivity index (χ3n) is 3.97. The van der Waals surface area contributed by atoms with E-state index in [1.165, 1.54) is 23.3 Å². The molecule has 1 aliphatic carbocycles. The number of amides is 2. The van der Waals surface area contributed by atoms with Gasteiger partial charge in [-0.25, -0.2) is 0 Å². The lowest BCUT2D eigenvalue weighted by atomic mass is 10.1. The summed E-state index contributed by atoms with van der Waals surface area (Å²) in [6.07, 6.45) is 3.30. The van der Waals surface area contributed by atoms with Gasteiger partial charge in [-0.15, -0.1) is 0 Å². The molecule has 124 valence electrons. The molecule has 3 rings (SSSR count). The molecule has 4 nitrogen and oxygen atoms in total. The lowest BCUT2D eigenvalue weighted by Crippen LogP contribution is -2.33.